The molecule has 4 nitrogen and oxygen atoms in total. The zero-order valence-corrected chi connectivity index (χ0v) is 13.6. The van der Waals surface area contributed by atoms with Gasteiger partial charge in [-0.25, -0.2) is 0 Å². The minimum Gasteiger partial charge on any atom is -0.546 e. The number of ether oxygens (including phenoxy) is 1. The highest BCUT2D eigenvalue weighted by Crippen LogP contribution is 2.42. The average Bonchev–Trinajstić information content (AvgIpc) is 2.85. The SMILES string of the molecule is CCC(Oc1cc2cc(C(C)=O)sc2c(Cl)c1Cl)C(=O)[O-]. The number of fused-ring (bicyclic) bond motifs is 1. The summed E-state index contributed by atoms with van der Waals surface area (Å²) < 4.78 is 6.02. The Balaban J connectivity index is 2.52. The first-order valence-corrected chi connectivity index (χ1v) is 7.72. The number of hydrogen-bond acceptors (Lipinski definition) is 5. The second-order valence-electron chi connectivity index (χ2n) is 4.42. The van der Waals surface area contributed by atoms with Gasteiger partial charge in [0.1, 0.15) is 16.9 Å². The first-order chi connectivity index (χ1) is 9.85. The molecule has 0 aliphatic rings. The first kappa shape index (κ1) is 16.1. The van der Waals surface area contributed by atoms with Crippen LogP contribution < -0.4 is 9.84 Å². The number of carbonyl (C=O) groups excluding carboxylic acids is 2. The van der Waals surface area contributed by atoms with Gasteiger partial charge in [-0.2, -0.15) is 0 Å². The number of carbonyl (C=O) groups is 2. The van der Waals surface area contributed by atoms with Gasteiger partial charge in [-0.1, -0.05) is 30.1 Å². The fraction of sp³-hybridized carbons (Fsp3) is 0.286. The molecular formula is C14H11Cl2O4S-. The highest BCUT2D eigenvalue weighted by Gasteiger charge is 2.18. The van der Waals surface area contributed by atoms with E-state index in [2.05, 4.69) is 0 Å². The van der Waals surface area contributed by atoms with Crippen LogP contribution in [0.15, 0.2) is 12.1 Å². The van der Waals surface area contributed by atoms with Gasteiger partial charge >= 0.3 is 0 Å². The molecule has 0 saturated heterocycles. The summed E-state index contributed by atoms with van der Waals surface area (Å²) in [5.74, 6) is -1.23. The predicted molar refractivity (Wildman–Crippen MR) is 81.6 cm³/mol. The van der Waals surface area contributed by atoms with Crippen molar-refractivity contribution in [2.24, 2.45) is 0 Å². The number of thiophene rings is 1. The van der Waals surface area contributed by atoms with E-state index in [0.717, 1.165) is 0 Å². The number of hydrogen-bond donors (Lipinski definition) is 0. The normalized spacial score (nSPS) is 12.4. The molecule has 0 saturated carbocycles. The van der Waals surface area contributed by atoms with Crippen LogP contribution in [0.1, 0.15) is 29.9 Å². The Kier molecular flexibility index (Phi) is 4.76. The van der Waals surface area contributed by atoms with E-state index in [1.807, 2.05) is 0 Å². The fourth-order valence-corrected chi connectivity index (χ4v) is 3.35. The Labute approximate surface area is 135 Å². The van der Waals surface area contributed by atoms with Crippen LogP contribution in [0, 0.1) is 0 Å². The predicted octanol–water partition coefficient (Wildman–Crippen LogP) is 3.32. The number of aliphatic carboxylic acids is 1. The number of halogens is 2. The minimum atomic E-state index is -1.32. The first-order valence-electron chi connectivity index (χ1n) is 6.15. The lowest BCUT2D eigenvalue weighted by molar-refractivity contribution is -0.313. The average molecular weight is 346 g/mol. The molecule has 1 atom stereocenters. The van der Waals surface area contributed by atoms with Gasteiger partial charge < -0.3 is 14.6 Å². The maximum Gasteiger partial charge on any atom is 0.169 e. The Morgan fingerprint density at radius 3 is 2.52 bits per heavy atom. The van der Waals surface area contributed by atoms with Gasteiger partial charge in [0.15, 0.2) is 5.78 Å². The molecule has 0 aliphatic heterocycles. The maximum absolute atomic E-state index is 11.4. The number of Topliss-reactive ketones (excluding diaryl/α,β-unsaturated/α-hetero) is 1. The summed E-state index contributed by atoms with van der Waals surface area (Å²) in [7, 11) is 0. The van der Waals surface area contributed by atoms with Crippen LogP contribution in [0.5, 0.6) is 5.75 Å². The smallest absolute Gasteiger partial charge is 0.169 e. The van der Waals surface area contributed by atoms with E-state index < -0.39 is 12.1 Å². The molecular weight excluding hydrogens is 335 g/mol. The zero-order valence-electron chi connectivity index (χ0n) is 11.2. The van der Waals surface area contributed by atoms with Crippen LogP contribution in [-0.4, -0.2) is 17.9 Å². The van der Waals surface area contributed by atoms with Crippen LogP contribution >= 0.6 is 34.5 Å². The Morgan fingerprint density at radius 1 is 1.33 bits per heavy atom. The molecule has 0 radical (unpaired) electrons. The summed E-state index contributed by atoms with van der Waals surface area (Å²) in [5, 5.41) is 12.0. The van der Waals surface area contributed by atoms with Crippen molar-refractivity contribution in [3.63, 3.8) is 0 Å². The van der Waals surface area contributed by atoms with E-state index in [1.165, 1.54) is 18.3 Å². The molecule has 1 aromatic carbocycles. The molecule has 1 unspecified atom stereocenters. The van der Waals surface area contributed by atoms with Crippen molar-refractivity contribution in [3.05, 3.63) is 27.1 Å². The van der Waals surface area contributed by atoms with Gasteiger partial charge in [0.05, 0.1) is 20.6 Å². The van der Waals surface area contributed by atoms with Crippen molar-refractivity contribution < 1.29 is 19.4 Å². The van der Waals surface area contributed by atoms with Crippen LogP contribution in [-0.2, 0) is 4.79 Å². The third kappa shape index (κ3) is 3.15. The van der Waals surface area contributed by atoms with Crippen molar-refractivity contribution in [3.8, 4) is 5.75 Å². The molecule has 1 aromatic heterocycles. The van der Waals surface area contributed by atoms with Gasteiger partial charge in [-0.15, -0.1) is 11.3 Å². The number of benzene rings is 1. The maximum atomic E-state index is 11.4. The number of rotatable bonds is 5. The molecule has 21 heavy (non-hydrogen) atoms. The number of carboxylic acid groups (broad SMARTS) is 1. The summed E-state index contributed by atoms with van der Waals surface area (Å²) in [6.45, 7) is 3.12. The molecule has 2 rings (SSSR count). The lowest BCUT2D eigenvalue weighted by Gasteiger charge is -2.19. The van der Waals surface area contributed by atoms with Crippen molar-refractivity contribution in [2.45, 2.75) is 26.4 Å². The molecule has 1 heterocycles. The van der Waals surface area contributed by atoms with E-state index >= 15 is 0 Å². The van der Waals surface area contributed by atoms with Crippen molar-refractivity contribution >= 4 is 56.4 Å². The molecule has 0 amide bonds. The Bertz CT molecular complexity index is 723. The quantitative estimate of drug-likeness (QED) is 0.779. The zero-order chi connectivity index (χ0) is 15.7. The highest BCUT2D eigenvalue weighted by atomic mass is 35.5. The topological polar surface area (TPSA) is 66.4 Å². The van der Waals surface area contributed by atoms with Crippen LogP contribution in [0.3, 0.4) is 0 Å². The molecule has 112 valence electrons. The number of carboxylic acids is 1. The third-order valence-corrected chi connectivity index (χ3v) is 5.14. The van der Waals surface area contributed by atoms with Gasteiger partial charge in [0.2, 0.25) is 0 Å². The van der Waals surface area contributed by atoms with E-state index in [1.54, 1.807) is 19.1 Å². The van der Waals surface area contributed by atoms with Crippen LogP contribution in [0.2, 0.25) is 10.0 Å². The van der Waals surface area contributed by atoms with E-state index in [9.17, 15) is 14.7 Å². The molecule has 0 N–H and O–H groups in total. The lowest BCUT2D eigenvalue weighted by atomic mass is 10.2. The Hall–Kier alpha value is -1.30. The fourth-order valence-electron chi connectivity index (χ4n) is 1.81. The lowest BCUT2D eigenvalue weighted by Crippen LogP contribution is -2.39. The second kappa shape index (κ2) is 6.22. The van der Waals surface area contributed by atoms with Gasteiger partial charge in [-0.3, -0.25) is 4.79 Å². The number of ketones is 1. The van der Waals surface area contributed by atoms with Crippen molar-refractivity contribution in [1.82, 2.24) is 0 Å². The van der Waals surface area contributed by atoms with Gasteiger partial charge in [0.25, 0.3) is 0 Å². The van der Waals surface area contributed by atoms with E-state index in [-0.39, 0.29) is 28.0 Å². The summed E-state index contributed by atoms with van der Waals surface area (Å²) >= 11 is 13.5. The molecule has 0 spiro atoms. The van der Waals surface area contributed by atoms with Gasteiger partial charge in [0, 0.05) is 0 Å². The second-order valence-corrected chi connectivity index (χ2v) is 6.23. The largest absolute Gasteiger partial charge is 0.546 e. The van der Waals surface area contributed by atoms with Crippen LogP contribution in [0.25, 0.3) is 10.1 Å². The highest BCUT2D eigenvalue weighted by molar-refractivity contribution is 7.21. The summed E-state index contributed by atoms with van der Waals surface area (Å²) in [6, 6.07) is 3.26. The monoisotopic (exact) mass is 345 g/mol. The van der Waals surface area contributed by atoms with Crippen LogP contribution in [0.4, 0.5) is 0 Å². The summed E-state index contributed by atoms with van der Waals surface area (Å²) in [6.07, 6.45) is -0.877. The van der Waals surface area contributed by atoms with Crippen molar-refractivity contribution in [2.75, 3.05) is 0 Å². The standard InChI is InChI=1S/C14H12Cl2O4S/c1-3-8(14(18)19)20-9-4-7-5-10(6(2)17)21-13(7)12(16)11(9)15/h4-5,8H,3H2,1-2H3,(H,18,19)/p-1. The van der Waals surface area contributed by atoms with Crippen molar-refractivity contribution in [1.29, 1.82) is 0 Å². The molecule has 0 bridgehead atoms. The van der Waals surface area contributed by atoms with E-state index in [4.69, 9.17) is 27.9 Å². The summed E-state index contributed by atoms with van der Waals surface area (Å²) in [4.78, 5) is 22.9. The molecule has 7 heteroatoms. The van der Waals surface area contributed by atoms with Gasteiger partial charge in [-0.05, 0) is 30.9 Å². The molecule has 2 aromatic rings. The summed E-state index contributed by atoms with van der Waals surface area (Å²) in [5.41, 5.74) is 0. The third-order valence-electron chi connectivity index (χ3n) is 2.91. The minimum absolute atomic E-state index is 0.0768. The molecule has 0 fully saturated rings. The van der Waals surface area contributed by atoms with E-state index in [0.29, 0.717) is 15.0 Å². The Morgan fingerprint density at radius 2 is 2.00 bits per heavy atom. The molecule has 0 aliphatic carbocycles.